The highest BCUT2D eigenvalue weighted by Crippen LogP contribution is 2.44. The summed E-state index contributed by atoms with van der Waals surface area (Å²) < 4.78 is 38.7. The average molecular weight is 395 g/mol. The summed E-state index contributed by atoms with van der Waals surface area (Å²) in [6, 6.07) is 5.95. The van der Waals surface area contributed by atoms with Gasteiger partial charge in [0, 0.05) is 5.56 Å². The number of hydrogen-bond donors (Lipinski definition) is 1. The van der Waals surface area contributed by atoms with Crippen molar-refractivity contribution in [3.63, 3.8) is 0 Å². The van der Waals surface area contributed by atoms with Crippen LogP contribution in [0.1, 0.15) is 34.5 Å². The molecule has 1 amide bonds. The molecule has 3 heterocycles. The summed E-state index contributed by atoms with van der Waals surface area (Å²) in [7, 11) is -3.07. The number of nitrogens with zero attached hydrogens (tertiary/aromatic N) is 2. The molecule has 1 saturated heterocycles. The molecule has 1 aromatic carbocycles. The average Bonchev–Trinajstić information content (AvgIpc) is 3.03. The number of hydrogen-bond acceptors (Lipinski definition) is 5. The number of halogens is 1. The van der Waals surface area contributed by atoms with Crippen LogP contribution >= 0.6 is 11.8 Å². The summed E-state index contributed by atoms with van der Waals surface area (Å²) in [5.74, 6) is 0.529. The number of anilines is 1. The number of rotatable bonds is 2. The van der Waals surface area contributed by atoms with Gasteiger partial charge in [0.25, 0.3) is 0 Å². The van der Waals surface area contributed by atoms with Gasteiger partial charge in [-0.05, 0) is 31.0 Å². The van der Waals surface area contributed by atoms with E-state index in [4.69, 9.17) is 0 Å². The van der Waals surface area contributed by atoms with Gasteiger partial charge in [0.15, 0.2) is 9.84 Å². The maximum atomic E-state index is 13.3. The zero-order valence-corrected chi connectivity index (χ0v) is 15.7. The molecule has 2 unspecified atom stereocenters. The third-order valence-corrected chi connectivity index (χ3v) is 7.78. The van der Waals surface area contributed by atoms with Crippen LogP contribution in [0.4, 0.5) is 10.2 Å². The van der Waals surface area contributed by atoms with Gasteiger partial charge in [0.2, 0.25) is 5.91 Å². The van der Waals surface area contributed by atoms with Crippen LogP contribution in [0.5, 0.6) is 0 Å². The zero-order valence-electron chi connectivity index (χ0n) is 14.1. The molecule has 2 aliphatic heterocycles. The summed E-state index contributed by atoms with van der Waals surface area (Å²) in [5.41, 5.74) is 2.49. The molecule has 0 bridgehead atoms. The van der Waals surface area contributed by atoms with Gasteiger partial charge in [0.1, 0.15) is 11.6 Å². The molecule has 0 radical (unpaired) electrons. The number of carbonyl (C=O) groups excluding carboxylic acids is 1. The first-order chi connectivity index (χ1) is 12.3. The van der Waals surface area contributed by atoms with Crippen LogP contribution in [-0.2, 0) is 14.6 Å². The number of thioether (sulfide) groups is 1. The first-order valence-electron chi connectivity index (χ1n) is 8.30. The van der Waals surface area contributed by atoms with E-state index in [2.05, 4.69) is 10.4 Å². The third kappa shape index (κ3) is 3.14. The summed E-state index contributed by atoms with van der Waals surface area (Å²) in [5, 5.41) is 7.29. The minimum atomic E-state index is -3.07. The van der Waals surface area contributed by atoms with E-state index in [1.165, 1.54) is 23.9 Å². The summed E-state index contributed by atoms with van der Waals surface area (Å²) in [4.78, 5) is 12.2. The highest BCUT2D eigenvalue weighted by atomic mass is 32.2. The van der Waals surface area contributed by atoms with Gasteiger partial charge < -0.3 is 5.32 Å². The lowest BCUT2D eigenvalue weighted by Gasteiger charge is -2.16. The van der Waals surface area contributed by atoms with Crippen LogP contribution in [0.15, 0.2) is 24.3 Å². The van der Waals surface area contributed by atoms with Crippen LogP contribution in [0.2, 0.25) is 0 Å². The molecule has 1 aromatic heterocycles. The lowest BCUT2D eigenvalue weighted by molar-refractivity contribution is -0.113. The maximum absolute atomic E-state index is 13.3. The Labute approximate surface area is 155 Å². The van der Waals surface area contributed by atoms with Gasteiger partial charge in [-0.25, -0.2) is 17.5 Å². The zero-order chi connectivity index (χ0) is 18.5. The Bertz CT molecular complexity index is 970. The number of carbonyl (C=O) groups is 1. The van der Waals surface area contributed by atoms with E-state index in [1.54, 1.807) is 16.8 Å². The number of aromatic nitrogens is 2. The highest BCUT2D eigenvalue weighted by Gasteiger charge is 2.36. The molecule has 2 atom stereocenters. The second-order valence-corrected chi connectivity index (χ2v) is 9.96. The number of amides is 1. The number of nitrogens with one attached hydrogen (secondary N) is 1. The number of aryl methyl sites for hydroxylation is 1. The van der Waals surface area contributed by atoms with Gasteiger partial charge in [0.05, 0.1) is 34.2 Å². The van der Waals surface area contributed by atoms with Crippen molar-refractivity contribution in [3.05, 3.63) is 46.9 Å². The molecule has 6 nitrogen and oxygen atoms in total. The standard InChI is InChI=1S/C17H18FN3O3S2/c1-10-15-16(11-2-4-12(18)5-3-11)25-8-14(22)19-17(15)21(20-10)13-6-7-26(23,24)9-13/h2-5,13,16H,6-9H2,1H3,(H,19,22). The first kappa shape index (κ1) is 17.5. The Morgan fingerprint density at radius 2 is 2.04 bits per heavy atom. The van der Waals surface area contributed by atoms with Crippen molar-refractivity contribution in [3.8, 4) is 0 Å². The minimum absolute atomic E-state index is 0.0325. The SMILES string of the molecule is Cc1nn(C2CCS(=O)(=O)C2)c2c1C(c1ccc(F)cc1)SCC(=O)N2. The summed E-state index contributed by atoms with van der Waals surface area (Å²) >= 11 is 1.46. The van der Waals surface area contributed by atoms with Crippen molar-refractivity contribution in [2.24, 2.45) is 0 Å². The summed E-state index contributed by atoms with van der Waals surface area (Å²) in [6.45, 7) is 1.85. The molecule has 26 heavy (non-hydrogen) atoms. The largest absolute Gasteiger partial charge is 0.310 e. The predicted octanol–water partition coefficient (Wildman–Crippen LogP) is 2.46. The molecular weight excluding hydrogens is 377 g/mol. The molecule has 138 valence electrons. The second-order valence-electron chi connectivity index (χ2n) is 6.64. The van der Waals surface area contributed by atoms with Crippen molar-refractivity contribution in [2.75, 3.05) is 22.6 Å². The van der Waals surface area contributed by atoms with Crippen molar-refractivity contribution in [2.45, 2.75) is 24.6 Å². The van der Waals surface area contributed by atoms with Gasteiger partial charge in [-0.2, -0.15) is 5.10 Å². The topological polar surface area (TPSA) is 81.1 Å². The molecule has 1 fully saturated rings. The molecule has 2 aromatic rings. The molecule has 4 rings (SSSR count). The van der Waals surface area contributed by atoms with Gasteiger partial charge in [-0.15, -0.1) is 11.8 Å². The molecule has 9 heteroatoms. The van der Waals surface area contributed by atoms with Crippen molar-refractivity contribution < 1.29 is 17.6 Å². The van der Waals surface area contributed by atoms with Gasteiger partial charge in [-0.3, -0.25) is 4.79 Å². The Morgan fingerprint density at radius 3 is 2.69 bits per heavy atom. The molecule has 1 N–H and O–H groups in total. The van der Waals surface area contributed by atoms with Crippen LogP contribution in [0.3, 0.4) is 0 Å². The normalized spacial score (nSPS) is 24.8. The number of sulfone groups is 1. The quantitative estimate of drug-likeness (QED) is 0.845. The van der Waals surface area contributed by atoms with Gasteiger partial charge >= 0.3 is 0 Å². The maximum Gasteiger partial charge on any atom is 0.235 e. The Hall–Kier alpha value is -1.87. The fraction of sp³-hybridized carbons (Fsp3) is 0.412. The summed E-state index contributed by atoms with van der Waals surface area (Å²) in [6.07, 6.45) is 0.486. The van der Waals surface area contributed by atoms with E-state index in [-0.39, 0.29) is 40.3 Å². The fourth-order valence-electron chi connectivity index (χ4n) is 3.54. The lowest BCUT2D eigenvalue weighted by atomic mass is 10.0. The molecule has 0 aliphatic carbocycles. The van der Waals surface area contributed by atoms with Gasteiger partial charge in [-0.1, -0.05) is 12.1 Å². The highest BCUT2D eigenvalue weighted by molar-refractivity contribution is 8.00. The predicted molar refractivity (Wildman–Crippen MR) is 98.6 cm³/mol. The van der Waals surface area contributed by atoms with Crippen LogP contribution in [0, 0.1) is 12.7 Å². The van der Waals surface area contributed by atoms with Crippen LogP contribution in [-0.4, -0.2) is 41.4 Å². The first-order valence-corrected chi connectivity index (χ1v) is 11.2. The van der Waals surface area contributed by atoms with Crippen LogP contribution in [0.25, 0.3) is 0 Å². The monoisotopic (exact) mass is 395 g/mol. The van der Waals surface area contributed by atoms with Crippen molar-refractivity contribution >= 4 is 33.3 Å². The molecule has 0 spiro atoms. The Morgan fingerprint density at radius 1 is 1.31 bits per heavy atom. The van der Waals surface area contributed by atoms with E-state index in [1.807, 2.05) is 6.92 Å². The number of fused-ring (bicyclic) bond motifs is 1. The molecule has 0 saturated carbocycles. The minimum Gasteiger partial charge on any atom is -0.310 e. The van der Waals surface area contributed by atoms with E-state index >= 15 is 0 Å². The smallest absolute Gasteiger partial charge is 0.235 e. The molecular formula is C17H18FN3O3S2. The fourth-order valence-corrected chi connectivity index (χ4v) is 6.42. The Kier molecular flexibility index (Phi) is 4.31. The Balaban J connectivity index is 1.81. The van der Waals surface area contributed by atoms with Crippen LogP contribution < -0.4 is 5.32 Å². The van der Waals surface area contributed by atoms with E-state index in [0.29, 0.717) is 12.2 Å². The number of benzene rings is 1. The molecule has 2 aliphatic rings. The third-order valence-electron chi connectivity index (χ3n) is 4.76. The lowest BCUT2D eigenvalue weighted by Crippen LogP contribution is -2.20. The second kappa shape index (κ2) is 6.38. The van der Waals surface area contributed by atoms with E-state index < -0.39 is 9.84 Å². The van der Waals surface area contributed by atoms with E-state index in [9.17, 15) is 17.6 Å². The van der Waals surface area contributed by atoms with Crippen molar-refractivity contribution in [1.29, 1.82) is 0 Å². The van der Waals surface area contributed by atoms with E-state index in [0.717, 1.165) is 16.8 Å². The van der Waals surface area contributed by atoms with Crippen molar-refractivity contribution in [1.82, 2.24) is 9.78 Å².